The predicted octanol–water partition coefficient (Wildman–Crippen LogP) is 5.25. The van der Waals surface area contributed by atoms with Crippen molar-refractivity contribution in [1.82, 2.24) is 10.3 Å². The van der Waals surface area contributed by atoms with Gasteiger partial charge in [-0.3, -0.25) is 15.1 Å². The monoisotopic (exact) mass is 427 g/mol. The number of anilines is 1. The van der Waals surface area contributed by atoms with Crippen molar-refractivity contribution in [2.45, 2.75) is 13.5 Å². The summed E-state index contributed by atoms with van der Waals surface area (Å²) >= 11 is 5.35. The summed E-state index contributed by atoms with van der Waals surface area (Å²) in [7, 11) is 0. The molecule has 31 heavy (non-hydrogen) atoms. The van der Waals surface area contributed by atoms with Gasteiger partial charge in [-0.05, 0) is 67.2 Å². The molecule has 154 valence electrons. The third-order valence-electron chi connectivity index (χ3n) is 4.69. The Morgan fingerprint density at radius 1 is 0.968 bits per heavy atom. The van der Waals surface area contributed by atoms with E-state index in [1.165, 1.54) is 0 Å². The Balaban J connectivity index is 1.41. The number of nitrogens with zero attached hydrogens (tertiary/aromatic N) is 1. The molecule has 1 aromatic heterocycles. The quantitative estimate of drug-likeness (QED) is 0.426. The van der Waals surface area contributed by atoms with Crippen molar-refractivity contribution in [3.05, 3.63) is 102 Å². The van der Waals surface area contributed by atoms with Gasteiger partial charge in [0.05, 0.1) is 5.52 Å². The first-order valence-corrected chi connectivity index (χ1v) is 10.2. The summed E-state index contributed by atoms with van der Waals surface area (Å²) < 4.78 is 5.81. The predicted molar refractivity (Wildman–Crippen MR) is 127 cm³/mol. The zero-order chi connectivity index (χ0) is 21.6. The number of nitrogens with one attached hydrogen (secondary N) is 2. The van der Waals surface area contributed by atoms with Crippen LogP contribution in [0.3, 0.4) is 0 Å². The maximum atomic E-state index is 12.7. The molecule has 0 radical (unpaired) electrons. The molecule has 0 aliphatic rings. The number of hydrogen-bond donors (Lipinski definition) is 2. The molecule has 3 aromatic carbocycles. The standard InChI is InChI=1S/C25H21N3O2S/c1-17-13-14-21-22(26-17)11-6-12-23(21)27-25(31)28-24(29)19-9-5-10-20(15-19)30-16-18-7-3-2-4-8-18/h2-15H,16H2,1H3,(H2,27,28,29,31). The molecule has 0 bridgehead atoms. The number of pyridine rings is 1. The minimum atomic E-state index is -0.308. The van der Waals surface area contributed by atoms with E-state index in [0.717, 1.165) is 27.8 Å². The molecular weight excluding hydrogens is 406 g/mol. The van der Waals surface area contributed by atoms with Crippen LogP contribution >= 0.6 is 12.2 Å². The Morgan fingerprint density at radius 3 is 2.61 bits per heavy atom. The Kier molecular flexibility index (Phi) is 6.19. The molecule has 0 unspecified atom stereocenters. The lowest BCUT2D eigenvalue weighted by Crippen LogP contribution is -2.34. The number of aromatic nitrogens is 1. The molecule has 1 amide bonds. The van der Waals surface area contributed by atoms with Gasteiger partial charge in [0.2, 0.25) is 0 Å². The van der Waals surface area contributed by atoms with Crippen LogP contribution in [-0.2, 0) is 6.61 Å². The number of amides is 1. The third kappa shape index (κ3) is 5.24. The summed E-state index contributed by atoms with van der Waals surface area (Å²) in [5.41, 5.74) is 4.11. The van der Waals surface area contributed by atoms with Crippen LogP contribution in [0, 0.1) is 6.92 Å². The summed E-state index contributed by atoms with van der Waals surface area (Å²) in [6, 6.07) is 26.6. The second kappa shape index (κ2) is 9.36. The summed E-state index contributed by atoms with van der Waals surface area (Å²) in [5, 5.41) is 6.97. The topological polar surface area (TPSA) is 63.2 Å². The highest BCUT2D eigenvalue weighted by Crippen LogP contribution is 2.22. The average molecular weight is 428 g/mol. The lowest BCUT2D eigenvalue weighted by atomic mass is 10.1. The van der Waals surface area contributed by atoms with Gasteiger partial charge in [-0.1, -0.05) is 42.5 Å². The zero-order valence-corrected chi connectivity index (χ0v) is 17.8. The second-order valence-electron chi connectivity index (χ2n) is 7.04. The molecule has 0 saturated carbocycles. The van der Waals surface area contributed by atoms with Gasteiger partial charge in [0.25, 0.3) is 5.91 Å². The van der Waals surface area contributed by atoms with E-state index >= 15 is 0 Å². The van der Waals surface area contributed by atoms with Gasteiger partial charge >= 0.3 is 0 Å². The smallest absolute Gasteiger partial charge is 0.257 e. The molecule has 1 heterocycles. The van der Waals surface area contributed by atoms with Crippen LogP contribution in [0.2, 0.25) is 0 Å². The van der Waals surface area contributed by atoms with E-state index in [1.54, 1.807) is 18.2 Å². The zero-order valence-electron chi connectivity index (χ0n) is 17.0. The molecule has 0 atom stereocenters. The van der Waals surface area contributed by atoms with Gasteiger partial charge in [0.15, 0.2) is 5.11 Å². The minimum absolute atomic E-state index is 0.216. The molecule has 4 rings (SSSR count). The second-order valence-corrected chi connectivity index (χ2v) is 7.44. The highest BCUT2D eigenvalue weighted by Gasteiger charge is 2.11. The third-order valence-corrected chi connectivity index (χ3v) is 4.90. The van der Waals surface area contributed by atoms with Crippen LogP contribution in [-0.4, -0.2) is 16.0 Å². The Bertz CT molecular complexity index is 1240. The summed E-state index contributed by atoms with van der Waals surface area (Å²) in [6.07, 6.45) is 0. The van der Waals surface area contributed by atoms with E-state index in [9.17, 15) is 4.79 Å². The van der Waals surface area contributed by atoms with Crippen LogP contribution in [0.25, 0.3) is 10.9 Å². The molecule has 0 fully saturated rings. The lowest BCUT2D eigenvalue weighted by Gasteiger charge is -2.12. The largest absolute Gasteiger partial charge is 0.489 e. The van der Waals surface area contributed by atoms with E-state index in [0.29, 0.717) is 17.9 Å². The Hall–Kier alpha value is -3.77. The van der Waals surface area contributed by atoms with Gasteiger partial charge in [0.1, 0.15) is 12.4 Å². The molecule has 5 nitrogen and oxygen atoms in total. The number of hydrogen-bond acceptors (Lipinski definition) is 4. The van der Waals surface area contributed by atoms with Crippen LogP contribution in [0.1, 0.15) is 21.6 Å². The number of carbonyl (C=O) groups is 1. The van der Waals surface area contributed by atoms with E-state index in [-0.39, 0.29) is 11.0 Å². The fraction of sp³-hybridized carbons (Fsp3) is 0.0800. The van der Waals surface area contributed by atoms with Crippen molar-refractivity contribution in [2.75, 3.05) is 5.32 Å². The number of ether oxygens (including phenoxy) is 1. The number of fused-ring (bicyclic) bond motifs is 1. The molecule has 0 saturated heterocycles. The van der Waals surface area contributed by atoms with E-state index in [1.807, 2.05) is 73.7 Å². The maximum absolute atomic E-state index is 12.7. The number of aryl methyl sites for hydroxylation is 1. The Morgan fingerprint density at radius 2 is 1.77 bits per heavy atom. The van der Waals surface area contributed by atoms with Crippen molar-refractivity contribution in [3.63, 3.8) is 0 Å². The number of thiocarbonyl (C=S) groups is 1. The molecule has 0 spiro atoms. The normalized spacial score (nSPS) is 10.5. The van der Waals surface area contributed by atoms with Crippen LogP contribution < -0.4 is 15.4 Å². The van der Waals surface area contributed by atoms with E-state index < -0.39 is 0 Å². The molecular formula is C25H21N3O2S. The van der Waals surface area contributed by atoms with Gasteiger partial charge in [-0.2, -0.15) is 0 Å². The molecule has 4 aromatic rings. The first-order valence-electron chi connectivity index (χ1n) is 9.84. The first-order chi connectivity index (χ1) is 15.1. The average Bonchev–Trinajstić information content (AvgIpc) is 2.78. The van der Waals surface area contributed by atoms with Gasteiger partial charge < -0.3 is 10.1 Å². The van der Waals surface area contributed by atoms with Crippen molar-refractivity contribution >= 4 is 39.8 Å². The molecule has 0 aliphatic heterocycles. The van der Waals surface area contributed by atoms with Crippen molar-refractivity contribution in [1.29, 1.82) is 0 Å². The number of benzene rings is 3. The number of rotatable bonds is 5. The lowest BCUT2D eigenvalue weighted by molar-refractivity contribution is 0.0977. The molecule has 6 heteroatoms. The van der Waals surface area contributed by atoms with Gasteiger partial charge in [0, 0.05) is 22.3 Å². The first kappa shape index (κ1) is 20.5. The van der Waals surface area contributed by atoms with Crippen molar-refractivity contribution in [2.24, 2.45) is 0 Å². The van der Waals surface area contributed by atoms with E-state index in [2.05, 4.69) is 15.6 Å². The highest BCUT2D eigenvalue weighted by atomic mass is 32.1. The van der Waals surface area contributed by atoms with Crippen molar-refractivity contribution < 1.29 is 9.53 Å². The number of carbonyl (C=O) groups excluding carboxylic acids is 1. The van der Waals surface area contributed by atoms with Crippen LogP contribution in [0.4, 0.5) is 5.69 Å². The maximum Gasteiger partial charge on any atom is 0.257 e. The molecule has 2 N–H and O–H groups in total. The summed E-state index contributed by atoms with van der Waals surface area (Å²) in [5.74, 6) is 0.308. The SMILES string of the molecule is Cc1ccc2c(NC(=S)NC(=O)c3cccc(OCc4ccccc4)c3)cccc2n1. The summed E-state index contributed by atoms with van der Waals surface area (Å²) in [4.78, 5) is 17.2. The van der Waals surface area contributed by atoms with Crippen LogP contribution in [0.15, 0.2) is 84.9 Å². The minimum Gasteiger partial charge on any atom is -0.489 e. The fourth-order valence-corrected chi connectivity index (χ4v) is 3.37. The van der Waals surface area contributed by atoms with Crippen molar-refractivity contribution in [3.8, 4) is 5.75 Å². The van der Waals surface area contributed by atoms with Gasteiger partial charge in [-0.15, -0.1) is 0 Å². The van der Waals surface area contributed by atoms with E-state index in [4.69, 9.17) is 17.0 Å². The fourth-order valence-electron chi connectivity index (χ4n) is 3.16. The van der Waals surface area contributed by atoms with Gasteiger partial charge in [-0.25, -0.2) is 0 Å². The van der Waals surface area contributed by atoms with Crippen LogP contribution in [0.5, 0.6) is 5.75 Å². The highest BCUT2D eigenvalue weighted by molar-refractivity contribution is 7.80. The summed E-state index contributed by atoms with van der Waals surface area (Å²) in [6.45, 7) is 2.38. The molecule has 0 aliphatic carbocycles. The Labute approximate surface area is 186 Å².